The number of rotatable bonds is 7. The number of hydrogen-bond acceptors (Lipinski definition) is 6. The van der Waals surface area contributed by atoms with E-state index in [2.05, 4.69) is 33.6 Å². The minimum atomic E-state index is -0.248. The van der Waals surface area contributed by atoms with E-state index in [9.17, 15) is 10.1 Å². The van der Waals surface area contributed by atoms with Gasteiger partial charge in [0.2, 0.25) is 0 Å². The van der Waals surface area contributed by atoms with E-state index in [1.54, 1.807) is 30.5 Å². The molecule has 0 bridgehead atoms. The Morgan fingerprint density at radius 2 is 2.00 bits per heavy atom. The van der Waals surface area contributed by atoms with Gasteiger partial charge in [-0.05, 0) is 88.6 Å². The number of anilines is 1. The number of nitrogens with one attached hydrogen (secondary N) is 2. The maximum atomic E-state index is 11.8. The molecule has 2 amide bonds. The minimum Gasteiger partial charge on any atom is -0.492 e. The molecule has 1 fully saturated rings. The second kappa shape index (κ2) is 11.1. The van der Waals surface area contributed by atoms with Crippen LogP contribution in [0.2, 0.25) is 0 Å². The van der Waals surface area contributed by atoms with Crippen LogP contribution in [0.5, 0.6) is 17.2 Å². The molecule has 8 nitrogen and oxygen atoms in total. The molecule has 3 aromatic rings. The molecule has 0 radical (unpaired) electrons. The zero-order valence-electron chi connectivity index (χ0n) is 20.4. The van der Waals surface area contributed by atoms with Crippen molar-refractivity contribution in [2.75, 3.05) is 38.6 Å². The maximum Gasteiger partial charge on any atom is 0.319 e. The van der Waals surface area contributed by atoms with Gasteiger partial charge in [0.1, 0.15) is 23.3 Å². The fraction of sp³-hybridized carbons (Fsp3) is 0.370. The van der Waals surface area contributed by atoms with Gasteiger partial charge in [-0.3, -0.25) is 4.98 Å². The molecule has 8 heteroatoms. The molecule has 1 aliphatic heterocycles. The Balaban J connectivity index is 1.52. The van der Waals surface area contributed by atoms with Crippen molar-refractivity contribution in [2.24, 2.45) is 5.92 Å². The molecule has 2 aromatic carbocycles. The Labute approximate surface area is 205 Å². The zero-order valence-corrected chi connectivity index (χ0v) is 20.4. The predicted octanol–water partition coefficient (Wildman–Crippen LogP) is 5.07. The van der Waals surface area contributed by atoms with E-state index < -0.39 is 0 Å². The number of carbonyl (C=O) groups is 1. The zero-order chi connectivity index (χ0) is 24.8. The van der Waals surface area contributed by atoms with Gasteiger partial charge in [-0.2, -0.15) is 5.26 Å². The Kier molecular flexibility index (Phi) is 7.68. The summed E-state index contributed by atoms with van der Waals surface area (Å²) in [5, 5.41) is 16.0. The van der Waals surface area contributed by atoms with Crippen LogP contribution in [0.1, 0.15) is 30.9 Å². The van der Waals surface area contributed by atoms with Crippen molar-refractivity contribution in [3.8, 4) is 23.3 Å². The summed E-state index contributed by atoms with van der Waals surface area (Å²) in [5.74, 6) is 2.26. The highest BCUT2D eigenvalue weighted by Gasteiger charge is 2.19. The number of amides is 2. The fourth-order valence-corrected chi connectivity index (χ4v) is 4.17. The first kappa shape index (κ1) is 24.3. The summed E-state index contributed by atoms with van der Waals surface area (Å²) in [6.45, 7) is 7.06. The van der Waals surface area contributed by atoms with Crippen molar-refractivity contribution in [3.63, 3.8) is 0 Å². The van der Waals surface area contributed by atoms with Crippen molar-refractivity contribution < 1.29 is 14.3 Å². The molecular weight excluding hydrogens is 442 g/mol. The van der Waals surface area contributed by atoms with Crippen LogP contribution in [0.3, 0.4) is 0 Å². The third kappa shape index (κ3) is 6.00. The first-order valence-corrected chi connectivity index (χ1v) is 11.9. The third-order valence-electron chi connectivity index (χ3n) is 6.25. The van der Waals surface area contributed by atoms with E-state index in [1.165, 1.54) is 0 Å². The average Bonchev–Trinajstić information content (AvgIpc) is 2.85. The monoisotopic (exact) mass is 473 g/mol. The number of piperidine rings is 1. The van der Waals surface area contributed by atoms with Crippen molar-refractivity contribution in [1.29, 1.82) is 5.26 Å². The number of aryl methyl sites for hydroxylation is 1. The highest BCUT2D eigenvalue weighted by molar-refractivity contribution is 5.90. The normalized spacial score (nSPS) is 14.3. The topological polar surface area (TPSA) is 99.5 Å². The van der Waals surface area contributed by atoms with Gasteiger partial charge in [-0.25, -0.2) is 4.79 Å². The van der Waals surface area contributed by atoms with Crippen LogP contribution < -0.4 is 20.1 Å². The molecule has 1 saturated heterocycles. The number of aromatic nitrogens is 1. The lowest BCUT2D eigenvalue weighted by molar-refractivity contribution is 0.160. The van der Waals surface area contributed by atoms with Crippen LogP contribution in [0.4, 0.5) is 10.5 Å². The van der Waals surface area contributed by atoms with Crippen LogP contribution in [0.15, 0.2) is 42.6 Å². The highest BCUT2D eigenvalue weighted by atomic mass is 16.5. The number of urea groups is 1. The first-order chi connectivity index (χ1) is 17.0. The Morgan fingerprint density at radius 3 is 2.71 bits per heavy atom. The number of hydrogen-bond donors (Lipinski definition) is 2. The molecule has 4 rings (SSSR count). The third-order valence-corrected chi connectivity index (χ3v) is 6.25. The summed E-state index contributed by atoms with van der Waals surface area (Å²) in [7, 11) is 2.14. The van der Waals surface area contributed by atoms with E-state index in [0.29, 0.717) is 53.1 Å². The standard InChI is InChI=1S/C27H31N5O3/c1-4-29-27(33)31-23-6-5-21(13-18(23)2)35-25-7-10-30-24-15-26(20(16-28)14-22(24)25)34-17-19-8-11-32(3)12-9-19/h5-7,10,13-15,19H,4,8-9,11-12,17H2,1-3H3,(H2,29,31,33). The lowest BCUT2D eigenvalue weighted by Gasteiger charge is -2.28. The molecule has 182 valence electrons. The summed E-state index contributed by atoms with van der Waals surface area (Å²) in [6.07, 6.45) is 3.88. The van der Waals surface area contributed by atoms with Crippen molar-refractivity contribution in [1.82, 2.24) is 15.2 Å². The Bertz CT molecular complexity index is 1250. The van der Waals surface area contributed by atoms with Gasteiger partial charge < -0.3 is 25.0 Å². The Morgan fingerprint density at radius 1 is 1.20 bits per heavy atom. The number of nitrogens with zero attached hydrogens (tertiary/aromatic N) is 3. The van der Waals surface area contributed by atoms with Gasteiger partial charge >= 0.3 is 6.03 Å². The minimum absolute atomic E-state index is 0.248. The van der Waals surface area contributed by atoms with Crippen LogP contribution in [0.25, 0.3) is 10.9 Å². The molecule has 0 aliphatic carbocycles. The molecule has 0 unspecified atom stereocenters. The number of benzene rings is 2. The van der Waals surface area contributed by atoms with E-state index in [4.69, 9.17) is 9.47 Å². The lowest BCUT2D eigenvalue weighted by Crippen LogP contribution is -2.32. The molecule has 1 aliphatic rings. The van der Waals surface area contributed by atoms with E-state index in [1.807, 2.05) is 26.0 Å². The Hall–Kier alpha value is -3.83. The van der Waals surface area contributed by atoms with Gasteiger partial charge in [0.15, 0.2) is 0 Å². The average molecular weight is 474 g/mol. The summed E-state index contributed by atoms with van der Waals surface area (Å²) >= 11 is 0. The maximum absolute atomic E-state index is 11.8. The number of likely N-dealkylation sites (tertiary alicyclic amines) is 1. The number of pyridine rings is 1. The number of nitriles is 1. The molecule has 2 N–H and O–H groups in total. The SMILES string of the molecule is CCNC(=O)Nc1ccc(Oc2ccnc3cc(OCC4CCN(C)CC4)c(C#N)cc23)cc1C. The van der Waals surface area contributed by atoms with Crippen molar-refractivity contribution >= 4 is 22.6 Å². The summed E-state index contributed by atoms with van der Waals surface area (Å²) in [6, 6.07) is 12.8. The van der Waals surface area contributed by atoms with E-state index >= 15 is 0 Å². The molecule has 0 saturated carbocycles. The summed E-state index contributed by atoms with van der Waals surface area (Å²) in [4.78, 5) is 18.6. The lowest BCUT2D eigenvalue weighted by atomic mass is 9.98. The highest BCUT2D eigenvalue weighted by Crippen LogP contribution is 2.34. The molecule has 1 aromatic heterocycles. The van der Waals surface area contributed by atoms with Gasteiger partial charge in [0.05, 0.1) is 17.7 Å². The fourth-order valence-electron chi connectivity index (χ4n) is 4.17. The molecular formula is C27H31N5O3. The smallest absolute Gasteiger partial charge is 0.319 e. The second-order valence-corrected chi connectivity index (χ2v) is 8.91. The number of fused-ring (bicyclic) bond motifs is 1. The molecule has 2 heterocycles. The van der Waals surface area contributed by atoms with Gasteiger partial charge in [-0.1, -0.05) is 0 Å². The van der Waals surface area contributed by atoms with Crippen molar-refractivity contribution in [2.45, 2.75) is 26.7 Å². The second-order valence-electron chi connectivity index (χ2n) is 8.91. The van der Waals surface area contributed by atoms with E-state index in [-0.39, 0.29) is 6.03 Å². The number of carbonyl (C=O) groups excluding carboxylic acids is 1. The summed E-state index contributed by atoms with van der Waals surface area (Å²) < 4.78 is 12.2. The largest absolute Gasteiger partial charge is 0.492 e. The summed E-state index contributed by atoms with van der Waals surface area (Å²) in [5.41, 5.74) is 2.74. The predicted molar refractivity (Wildman–Crippen MR) is 136 cm³/mol. The molecule has 0 atom stereocenters. The van der Waals surface area contributed by atoms with E-state index in [0.717, 1.165) is 36.9 Å². The number of ether oxygens (including phenoxy) is 2. The van der Waals surface area contributed by atoms with Crippen LogP contribution in [-0.4, -0.2) is 49.2 Å². The van der Waals surface area contributed by atoms with Gasteiger partial charge in [-0.15, -0.1) is 0 Å². The first-order valence-electron chi connectivity index (χ1n) is 11.9. The van der Waals surface area contributed by atoms with Crippen molar-refractivity contribution in [3.05, 3.63) is 53.7 Å². The molecule has 35 heavy (non-hydrogen) atoms. The van der Waals surface area contributed by atoms with Gasteiger partial charge in [0, 0.05) is 29.9 Å². The quantitative estimate of drug-likeness (QED) is 0.497. The van der Waals surface area contributed by atoms with Crippen LogP contribution >= 0.6 is 0 Å². The van der Waals surface area contributed by atoms with Gasteiger partial charge in [0.25, 0.3) is 0 Å². The van der Waals surface area contributed by atoms with Crippen LogP contribution in [0, 0.1) is 24.2 Å². The van der Waals surface area contributed by atoms with Crippen LogP contribution in [-0.2, 0) is 0 Å². The molecule has 0 spiro atoms.